The molecule has 2 aromatic heterocycles. The van der Waals surface area contributed by atoms with Crippen molar-refractivity contribution in [1.29, 1.82) is 0 Å². The number of aromatic nitrogens is 3. The van der Waals surface area contributed by atoms with Crippen molar-refractivity contribution >= 4 is 17.0 Å². The van der Waals surface area contributed by atoms with Crippen LogP contribution in [-0.4, -0.2) is 45.0 Å². The van der Waals surface area contributed by atoms with Crippen LogP contribution in [0.2, 0.25) is 0 Å². The number of halogens is 2. The maximum Gasteiger partial charge on any atom is 0.294 e. The quantitative estimate of drug-likeness (QED) is 0.686. The maximum absolute atomic E-state index is 13.9. The molecule has 0 saturated carbocycles. The number of benzene rings is 1. The number of fused-ring (bicyclic) bond motifs is 1. The molecule has 0 amide bonds. The molecule has 2 N–H and O–H groups in total. The van der Waals surface area contributed by atoms with Gasteiger partial charge in [-0.05, 0) is 24.6 Å². The number of aliphatic hydroxyl groups is 1. The Balaban J connectivity index is 1.65. The van der Waals surface area contributed by atoms with Gasteiger partial charge < -0.3 is 19.9 Å². The van der Waals surface area contributed by atoms with Crippen LogP contribution in [0.1, 0.15) is 6.42 Å². The first-order chi connectivity index (χ1) is 13.9. The normalized spacial score (nSPS) is 19.3. The molecule has 29 heavy (non-hydrogen) atoms. The van der Waals surface area contributed by atoms with E-state index in [2.05, 4.69) is 15.3 Å². The highest BCUT2D eigenvalue weighted by Crippen LogP contribution is 2.25. The van der Waals surface area contributed by atoms with E-state index in [4.69, 9.17) is 9.47 Å². The minimum absolute atomic E-state index is 0.144. The summed E-state index contributed by atoms with van der Waals surface area (Å²) < 4.78 is 38.7. The Morgan fingerprint density at radius 1 is 1.31 bits per heavy atom. The number of aryl methyl sites for hydroxylation is 1. The lowest BCUT2D eigenvalue weighted by Gasteiger charge is -2.28. The van der Waals surface area contributed by atoms with Crippen molar-refractivity contribution in [3.8, 4) is 11.5 Å². The van der Waals surface area contributed by atoms with Crippen LogP contribution in [0.5, 0.6) is 11.5 Å². The number of ether oxygens (including phenoxy) is 2. The zero-order valence-corrected chi connectivity index (χ0v) is 15.4. The predicted octanol–water partition coefficient (Wildman–Crippen LogP) is 1.96. The van der Waals surface area contributed by atoms with Gasteiger partial charge in [0.15, 0.2) is 17.3 Å². The number of nitrogens with one attached hydrogen (secondary N) is 1. The number of nitrogens with zero attached hydrogens (tertiary/aromatic N) is 3. The van der Waals surface area contributed by atoms with Gasteiger partial charge in [0.1, 0.15) is 11.5 Å². The molecule has 152 valence electrons. The smallest absolute Gasteiger partial charge is 0.294 e. The minimum Gasteiger partial charge on any atom is -0.448 e. The van der Waals surface area contributed by atoms with Crippen LogP contribution in [0.25, 0.3) is 11.0 Å². The lowest BCUT2D eigenvalue weighted by atomic mass is 10.1. The lowest BCUT2D eigenvalue weighted by Crippen LogP contribution is -2.42. The van der Waals surface area contributed by atoms with E-state index in [0.717, 1.165) is 12.1 Å². The Hall–Kier alpha value is -3.11. The highest BCUT2D eigenvalue weighted by Gasteiger charge is 2.24. The Morgan fingerprint density at radius 3 is 2.90 bits per heavy atom. The van der Waals surface area contributed by atoms with E-state index in [1.54, 1.807) is 0 Å². The molecule has 1 aliphatic heterocycles. The summed E-state index contributed by atoms with van der Waals surface area (Å²) in [6.07, 6.45) is 1.40. The third-order valence-electron chi connectivity index (χ3n) is 4.67. The Bertz CT molecular complexity index is 1120. The van der Waals surface area contributed by atoms with E-state index in [9.17, 15) is 18.7 Å². The van der Waals surface area contributed by atoms with Gasteiger partial charge in [0.05, 0.1) is 18.8 Å². The summed E-state index contributed by atoms with van der Waals surface area (Å²) in [5.41, 5.74) is -0.210. The van der Waals surface area contributed by atoms with Crippen molar-refractivity contribution in [2.75, 3.05) is 18.5 Å². The molecule has 8 nitrogen and oxygen atoms in total. The van der Waals surface area contributed by atoms with Gasteiger partial charge in [-0.2, -0.15) is 4.98 Å². The number of anilines is 1. The Labute approximate surface area is 163 Å². The van der Waals surface area contributed by atoms with Crippen molar-refractivity contribution in [3.63, 3.8) is 0 Å². The molecule has 10 heteroatoms. The largest absolute Gasteiger partial charge is 0.448 e. The fraction of sp³-hybridized carbons (Fsp3) is 0.316. The first-order valence-electron chi connectivity index (χ1n) is 8.94. The topological polar surface area (TPSA) is 98.5 Å². The number of hydrogen-bond acceptors (Lipinski definition) is 7. The summed E-state index contributed by atoms with van der Waals surface area (Å²) in [4.78, 5) is 21.2. The SMILES string of the molecule is Cn1c(=O)c(Oc2ccc(F)cc2F)cc2cnc(NC3CCOCC3O)nc21. The van der Waals surface area contributed by atoms with Crippen LogP contribution in [-0.2, 0) is 11.8 Å². The molecular formula is C19H18F2N4O4. The molecule has 2 unspecified atom stereocenters. The van der Waals surface area contributed by atoms with Crippen LogP contribution in [0.4, 0.5) is 14.7 Å². The second-order valence-corrected chi connectivity index (χ2v) is 6.70. The molecule has 1 saturated heterocycles. The third kappa shape index (κ3) is 3.89. The average molecular weight is 404 g/mol. The summed E-state index contributed by atoms with van der Waals surface area (Å²) in [5, 5.41) is 13.5. The molecule has 3 aromatic rings. The number of rotatable bonds is 4. The van der Waals surface area contributed by atoms with Gasteiger partial charge in [0.25, 0.3) is 5.56 Å². The maximum atomic E-state index is 13.9. The van der Waals surface area contributed by atoms with E-state index >= 15 is 0 Å². The van der Waals surface area contributed by atoms with Gasteiger partial charge in [-0.25, -0.2) is 13.8 Å². The molecule has 2 atom stereocenters. The fourth-order valence-corrected chi connectivity index (χ4v) is 3.09. The predicted molar refractivity (Wildman–Crippen MR) is 100 cm³/mol. The monoisotopic (exact) mass is 404 g/mol. The third-order valence-corrected chi connectivity index (χ3v) is 4.67. The minimum atomic E-state index is -0.919. The van der Waals surface area contributed by atoms with Gasteiger partial charge in [-0.15, -0.1) is 0 Å². The fourth-order valence-electron chi connectivity index (χ4n) is 3.09. The van der Waals surface area contributed by atoms with Crippen molar-refractivity contribution in [3.05, 3.63) is 52.5 Å². The highest BCUT2D eigenvalue weighted by molar-refractivity contribution is 5.76. The first kappa shape index (κ1) is 19.2. The van der Waals surface area contributed by atoms with E-state index in [1.807, 2.05) is 0 Å². The molecule has 3 heterocycles. The second-order valence-electron chi connectivity index (χ2n) is 6.70. The van der Waals surface area contributed by atoms with E-state index in [-0.39, 0.29) is 30.1 Å². The van der Waals surface area contributed by atoms with E-state index in [1.165, 1.54) is 23.9 Å². The molecular weight excluding hydrogens is 386 g/mol. The molecule has 4 rings (SSSR count). The molecule has 1 aromatic carbocycles. The van der Waals surface area contributed by atoms with Crippen molar-refractivity contribution < 1.29 is 23.4 Å². The zero-order valence-electron chi connectivity index (χ0n) is 15.4. The van der Waals surface area contributed by atoms with Crippen LogP contribution < -0.4 is 15.6 Å². The van der Waals surface area contributed by atoms with Gasteiger partial charge in [0.2, 0.25) is 5.95 Å². The van der Waals surface area contributed by atoms with Crippen LogP contribution in [0.3, 0.4) is 0 Å². The van der Waals surface area contributed by atoms with Gasteiger partial charge in [0, 0.05) is 31.3 Å². The molecule has 0 aliphatic carbocycles. The Kier molecular flexibility index (Phi) is 5.12. The number of hydrogen-bond donors (Lipinski definition) is 2. The standard InChI is InChI=1S/C19H18F2N4O4/c1-25-17-10(8-22-19(24-17)23-13-4-5-28-9-14(13)26)6-16(18(25)27)29-15-3-2-11(20)7-12(15)21/h2-3,6-8,13-14,26H,4-5,9H2,1H3,(H,22,23,24). The molecule has 0 bridgehead atoms. The zero-order chi connectivity index (χ0) is 20.5. The average Bonchev–Trinajstić information content (AvgIpc) is 2.70. The summed E-state index contributed by atoms with van der Waals surface area (Å²) in [6, 6.07) is 3.95. The molecule has 1 aliphatic rings. The molecule has 1 fully saturated rings. The highest BCUT2D eigenvalue weighted by atomic mass is 19.1. The summed E-state index contributed by atoms with van der Waals surface area (Å²) >= 11 is 0. The van der Waals surface area contributed by atoms with Crippen molar-refractivity contribution in [2.45, 2.75) is 18.6 Å². The first-order valence-corrected chi connectivity index (χ1v) is 8.94. The summed E-state index contributed by atoms with van der Waals surface area (Å²) in [5.74, 6) is -1.82. The Morgan fingerprint density at radius 2 is 2.14 bits per heavy atom. The van der Waals surface area contributed by atoms with Crippen LogP contribution >= 0.6 is 0 Å². The number of aliphatic hydroxyl groups excluding tert-OH is 1. The van der Waals surface area contributed by atoms with Gasteiger partial charge in [-0.1, -0.05) is 0 Å². The second kappa shape index (κ2) is 7.72. The molecule has 0 spiro atoms. The summed E-state index contributed by atoms with van der Waals surface area (Å²) in [6.45, 7) is 0.742. The van der Waals surface area contributed by atoms with Crippen LogP contribution in [0.15, 0.2) is 35.3 Å². The van der Waals surface area contributed by atoms with Crippen LogP contribution in [0, 0.1) is 11.6 Å². The van der Waals surface area contributed by atoms with E-state index in [0.29, 0.717) is 30.1 Å². The van der Waals surface area contributed by atoms with Crippen molar-refractivity contribution in [2.24, 2.45) is 7.05 Å². The summed E-state index contributed by atoms with van der Waals surface area (Å²) in [7, 11) is 1.50. The van der Waals surface area contributed by atoms with Gasteiger partial charge >= 0.3 is 0 Å². The van der Waals surface area contributed by atoms with Crippen molar-refractivity contribution in [1.82, 2.24) is 14.5 Å². The lowest BCUT2D eigenvalue weighted by molar-refractivity contribution is -0.0136. The van der Waals surface area contributed by atoms with E-state index < -0.39 is 23.3 Å². The molecule has 0 radical (unpaired) electrons. The number of pyridine rings is 1. The van der Waals surface area contributed by atoms with Gasteiger partial charge in [-0.3, -0.25) is 9.36 Å².